The van der Waals surface area contributed by atoms with Gasteiger partial charge in [-0.1, -0.05) is 11.6 Å². The molecular formula is C18H18ClNO4. The summed E-state index contributed by atoms with van der Waals surface area (Å²) in [6.45, 7) is 3.80. The molecule has 6 heteroatoms. The summed E-state index contributed by atoms with van der Waals surface area (Å²) in [6, 6.07) is 11.7. The van der Waals surface area contributed by atoms with E-state index >= 15 is 0 Å². The van der Waals surface area contributed by atoms with Gasteiger partial charge in [0, 0.05) is 10.7 Å². The van der Waals surface area contributed by atoms with Crippen LogP contribution in [0.15, 0.2) is 42.5 Å². The van der Waals surface area contributed by atoms with E-state index in [1.807, 2.05) is 6.92 Å². The summed E-state index contributed by atoms with van der Waals surface area (Å²) in [5.41, 5.74) is 1.89. The Morgan fingerprint density at radius 1 is 1.12 bits per heavy atom. The van der Waals surface area contributed by atoms with Gasteiger partial charge in [-0.3, -0.25) is 4.79 Å². The first-order valence-corrected chi connectivity index (χ1v) is 7.83. The van der Waals surface area contributed by atoms with Gasteiger partial charge in [-0.25, -0.2) is 4.79 Å². The van der Waals surface area contributed by atoms with Crippen molar-refractivity contribution in [3.8, 4) is 5.75 Å². The van der Waals surface area contributed by atoms with Crippen molar-refractivity contribution in [2.45, 2.75) is 13.8 Å². The highest BCUT2D eigenvalue weighted by Crippen LogP contribution is 2.21. The highest BCUT2D eigenvalue weighted by Gasteiger charge is 2.08. The first-order chi connectivity index (χ1) is 11.5. The zero-order chi connectivity index (χ0) is 17.5. The number of aryl methyl sites for hydroxylation is 1. The number of amides is 1. The molecule has 2 aromatic rings. The molecule has 0 saturated carbocycles. The Balaban J connectivity index is 1.87. The Labute approximate surface area is 145 Å². The molecule has 1 amide bonds. The average Bonchev–Trinajstić information content (AvgIpc) is 2.57. The largest absolute Gasteiger partial charge is 0.484 e. The molecule has 0 aliphatic heterocycles. The van der Waals surface area contributed by atoms with Crippen LogP contribution in [0.25, 0.3) is 0 Å². The quantitative estimate of drug-likeness (QED) is 0.806. The first-order valence-electron chi connectivity index (χ1n) is 7.45. The summed E-state index contributed by atoms with van der Waals surface area (Å²) in [7, 11) is 0. The van der Waals surface area contributed by atoms with Crippen LogP contribution in [0.3, 0.4) is 0 Å². The lowest BCUT2D eigenvalue weighted by Gasteiger charge is -2.09. The smallest absolute Gasteiger partial charge is 0.338 e. The van der Waals surface area contributed by atoms with Crippen molar-refractivity contribution in [3.05, 3.63) is 58.6 Å². The topological polar surface area (TPSA) is 64.6 Å². The van der Waals surface area contributed by atoms with Crippen LogP contribution in [0.1, 0.15) is 22.8 Å². The van der Waals surface area contributed by atoms with Gasteiger partial charge in [0.2, 0.25) is 0 Å². The standard InChI is InChI=1S/C18H18ClNO4/c1-3-23-18(22)13-4-6-14(7-5-13)20-17(21)11-24-15-8-9-16(19)12(2)10-15/h4-10H,3,11H2,1-2H3,(H,20,21). The van der Waals surface area contributed by atoms with Crippen molar-refractivity contribution in [1.29, 1.82) is 0 Å². The highest BCUT2D eigenvalue weighted by molar-refractivity contribution is 6.31. The predicted molar refractivity (Wildman–Crippen MR) is 92.7 cm³/mol. The number of hydrogen-bond donors (Lipinski definition) is 1. The lowest BCUT2D eigenvalue weighted by atomic mass is 10.2. The third kappa shape index (κ3) is 4.99. The van der Waals surface area contributed by atoms with Crippen LogP contribution in [0, 0.1) is 6.92 Å². The molecule has 0 spiro atoms. The molecule has 126 valence electrons. The molecular weight excluding hydrogens is 330 g/mol. The number of benzene rings is 2. The lowest BCUT2D eigenvalue weighted by molar-refractivity contribution is -0.118. The second-order valence-corrected chi connectivity index (χ2v) is 5.45. The van der Waals surface area contributed by atoms with Crippen LogP contribution in [-0.4, -0.2) is 25.1 Å². The van der Waals surface area contributed by atoms with Gasteiger partial charge in [0.1, 0.15) is 5.75 Å². The molecule has 2 aromatic carbocycles. The molecule has 0 aliphatic rings. The summed E-state index contributed by atoms with van der Waals surface area (Å²) in [5.74, 6) is -0.118. The Hall–Kier alpha value is -2.53. The molecule has 24 heavy (non-hydrogen) atoms. The number of hydrogen-bond acceptors (Lipinski definition) is 4. The van der Waals surface area contributed by atoms with Crippen LogP contribution in [-0.2, 0) is 9.53 Å². The van der Waals surface area contributed by atoms with E-state index in [4.69, 9.17) is 21.1 Å². The van der Waals surface area contributed by atoms with E-state index in [0.29, 0.717) is 28.6 Å². The molecule has 0 aromatic heterocycles. The minimum absolute atomic E-state index is 0.124. The number of anilines is 1. The van der Waals surface area contributed by atoms with Gasteiger partial charge in [-0.15, -0.1) is 0 Å². The fourth-order valence-corrected chi connectivity index (χ4v) is 2.07. The minimum Gasteiger partial charge on any atom is -0.484 e. The highest BCUT2D eigenvalue weighted by atomic mass is 35.5. The van der Waals surface area contributed by atoms with Crippen molar-refractivity contribution < 1.29 is 19.1 Å². The number of carbonyl (C=O) groups excluding carboxylic acids is 2. The Morgan fingerprint density at radius 3 is 2.46 bits per heavy atom. The van der Waals surface area contributed by atoms with Crippen molar-refractivity contribution in [1.82, 2.24) is 0 Å². The molecule has 2 rings (SSSR count). The van der Waals surface area contributed by atoms with E-state index in [0.717, 1.165) is 5.56 Å². The van der Waals surface area contributed by atoms with Crippen molar-refractivity contribution in [2.24, 2.45) is 0 Å². The number of rotatable bonds is 6. The molecule has 0 heterocycles. The van der Waals surface area contributed by atoms with Crippen LogP contribution >= 0.6 is 11.6 Å². The van der Waals surface area contributed by atoms with Gasteiger partial charge in [0.15, 0.2) is 6.61 Å². The van der Waals surface area contributed by atoms with E-state index in [1.54, 1.807) is 49.4 Å². The number of carbonyl (C=O) groups is 2. The minimum atomic E-state index is -0.392. The molecule has 0 saturated heterocycles. The maximum absolute atomic E-state index is 11.9. The van der Waals surface area contributed by atoms with Gasteiger partial charge in [0.05, 0.1) is 12.2 Å². The molecule has 0 fully saturated rings. The molecule has 0 aliphatic carbocycles. The van der Waals surface area contributed by atoms with E-state index in [9.17, 15) is 9.59 Å². The van der Waals surface area contributed by atoms with Gasteiger partial charge in [-0.2, -0.15) is 0 Å². The molecule has 0 radical (unpaired) electrons. The summed E-state index contributed by atoms with van der Waals surface area (Å²) in [5, 5.41) is 3.34. The van der Waals surface area contributed by atoms with Crippen LogP contribution < -0.4 is 10.1 Å². The second kappa shape index (κ2) is 8.36. The number of halogens is 1. The van der Waals surface area contributed by atoms with Crippen molar-refractivity contribution in [2.75, 3.05) is 18.5 Å². The van der Waals surface area contributed by atoms with E-state index < -0.39 is 5.97 Å². The monoisotopic (exact) mass is 347 g/mol. The molecule has 5 nitrogen and oxygen atoms in total. The maximum Gasteiger partial charge on any atom is 0.338 e. The summed E-state index contributed by atoms with van der Waals surface area (Å²) in [4.78, 5) is 23.5. The van der Waals surface area contributed by atoms with E-state index in [-0.39, 0.29) is 12.5 Å². The van der Waals surface area contributed by atoms with Gasteiger partial charge in [-0.05, 0) is 61.9 Å². The molecule has 1 N–H and O–H groups in total. The Bertz CT molecular complexity index is 728. The van der Waals surface area contributed by atoms with Gasteiger partial charge >= 0.3 is 5.97 Å². The van der Waals surface area contributed by atoms with Gasteiger partial charge < -0.3 is 14.8 Å². The summed E-state index contributed by atoms with van der Waals surface area (Å²) < 4.78 is 10.3. The van der Waals surface area contributed by atoms with Crippen molar-refractivity contribution >= 4 is 29.2 Å². The van der Waals surface area contributed by atoms with E-state index in [2.05, 4.69) is 5.32 Å². The van der Waals surface area contributed by atoms with Crippen LogP contribution in [0.2, 0.25) is 5.02 Å². The zero-order valence-corrected chi connectivity index (χ0v) is 14.2. The van der Waals surface area contributed by atoms with Crippen LogP contribution in [0.4, 0.5) is 5.69 Å². The molecule has 0 bridgehead atoms. The normalized spacial score (nSPS) is 10.1. The fraction of sp³-hybridized carbons (Fsp3) is 0.222. The third-order valence-electron chi connectivity index (χ3n) is 3.18. The van der Waals surface area contributed by atoms with Crippen LogP contribution in [0.5, 0.6) is 5.75 Å². The SMILES string of the molecule is CCOC(=O)c1ccc(NC(=O)COc2ccc(Cl)c(C)c2)cc1. The van der Waals surface area contributed by atoms with Crippen molar-refractivity contribution in [3.63, 3.8) is 0 Å². The number of esters is 1. The molecule has 0 atom stereocenters. The Kier molecular flexibility index (Phi) is 6.21. The van der Waals surface area contributed by atoms with Gasteiger partial charge in [0.25, 0.3) is 5.91 Å². The third-order valence-corrected chi connectivity index (χ3v) is 3.60. The maximum atomic E-state index is 11.9. The average molecular weight is 348 g/mol. The molecule has 0 unspecified atom stereocenters. The zero-order valence-electron chi connectivity index (χ0n) is 13.5. The predicted octanol–water partition coefficient (Wildman–Crippen LogP) is 3.84. The Morgan fingerprint density at radius 2 is 1.83 bits per heavy atom. The lowest BCUT2D eigenvalue weighted by Crippen LogP contribution is -2.20. The number of nitrogens with one attached hydrogen (secondary N) is 1. The first kappa shape index (κ1) is 17.8. The fourth-order valence-electron chi connectivity index (χ4n) is 1.96. The van der Waals surface area contributed by atoms with E-state index in [1.165, 1.54) is 0 Å². The number of ether oxygens (including phenoxy) is 2. The summed E-state index contributed by atoms with van der Waals surface area (Å²) >= 11 is 5.94. The summed E-state index contributed by atoms with van der Waals surface area (Å²) in [6.07, 6.45) is 0. The second-order valence-electron chi connectivity index (χ2n) is 5.05.